The fraction of sp³-hybridized carbons (Fsp3) is 0.364. The predicted molar refractivity (Wildman–Crippen MR) is 57.8 cm³/mol. The van der Waals surface area contributed by atoms with Gasteiger partial charge >= 0.3 is 0 Å². The zero-order chi connectivity index (χ0) is 10.9. The summed E-state index contributed by atoms with van der Waals surface area (Å²) >= 11 is 0. The number of hydrogen-bond acceptors (Lipinski definition) is 3. The van der Waals surface area contributed by atoms with Gasteiger partial charge in [0.05, 0.1) is 11.5 Å². The van der Waals surface area contributed by atoms with Gasteiger partial charge in [-0.15, -0.1) is 0 Å². The van der Waals surface area contributed by atoms with Crippen LogP contribution in [0.25, 0.3) is 0 Å². The minimum atomic E-state index is -2.88. The third-order valence-corrected chi connectivity index (χ3v) is 4.56. The second-order valence-corrected chi connectivity index (χ2v) is 6.08. The summed E-state index contributed by atoms with van der Waals surface area (Å²) < 4.78 is 22.7. The number of carbonyl (C=O) groups excluding carboxylic acids is 1. The first-order valence-electron chi connectivity index (χ1n) is 4.87. The van der Waals surface area contributed by atoms with Crippen molar-refractivity contribution in [3.8, 4) is 0 Å². The lowest BCUT2D eigenvalue weighted by Crippen LogP contribution is -2.05. The van der Waals surface area contributed by atoms with E-state index in [1.54, 1.807) is 12.1 Å². The van der Waals surface area contributed by atoms with Crippen molar-refractivity contribution in [1.82, 2.24) is 0 Å². The van der Waals surface area contributed by atoms with Crippen LogP contribution in [0.3, 0.4) is 0 Å². The van der Waals surface area contributed by atoms with Crippen LogP contribution in [-0.4, -0.2) is 26.2 Å². The summed E-state index contributed by atoms with van der Waals surface area (Å²) in [6.07, 6.45) is 1.42. The third-order valence-electron chi connectivity index (χ3n) is 2.80. The van der Waals surface area contributed by atoms with E-state index in [0.29, 0.717) is 12.0 Å². The van der Waals surface area contributed by atoms with Gasteiger partial charge in [0, 0.05) is 5.56 Å². The molecule has 1 aromatic carbocycles. The van der Waals surface area contributed by atoms with Crippen LogP contribution in [0.2, 0.25) is 0 Å². The summed E-state index contributed by atoms with van der Waals surface area (Å²) in [6.45, 7) is 0. The molecule has 1 aromatic rings. The average molecular weight is 224 g/mol. The van der Waals surface area contributed by atoms with Crippen molar-refractivity contribution < 1.29 is 13.2 Å². The maximum Gasteiger partial charge on any atom is 0.150 e. The van der Waals surface area contributed by atoms with E-state index in [1.165, 1.54) is 0 Å². The average Bonchev–Trinajstić information content (AvgIpc) is 2.59. The van der Waals surface area contributed by atoms with Crippen molar-refractivity contribution in [1.29, 1.82) is 0 Å². The molecule has 0 saturated carbocycles. The minimum absolute atomic E-state index is 0.00333. The zero-order valence-electron chi connectivity index (χ0n) is 8.22. The van der Waals surface area contributed by atoms with E-state index < -0.39 is 9.84 Å². The fourth-order valence-corrected chi connectivity index (χ4v) is 3.80. The summed E-state index contributed by atoms with van der Waals surface area (Å²) in [5, 5.41) is 0. The number of sulfone groups is 1. The highest BCUT2D eigenvalue weighted by Crippen LogP contribution is 2.30. The smallest absolute Gasteiger partial charge is 0.150 e. The van der Waals surface area contributed by atoms with Crippen LogP contribution in [0.15, 0.2) is 24.3 Å². The Morgan fingerprint density at radius 3 is 2.60 bits per heavy atom. The summed E-state index contributed by atoms with van der Waals surface area (Å²) in [4.78, 5) is 10.8. The highest BCUT2D eigenvalue weighted by molar-refractivity contribution is 7.91. The molecule has 15 heavy (non-hydrogen) atoms. The molecule has 0 aromatic heterocycles. The molecule has 4 heteroatoms. The molecule has 0 bridgehead atoms. The Hall–Kier alpha value is -1.16. The van der Waals surface area contributed by atoms with E-state index in [1.807, 2.05) is 12.1 Å². The Bertz CT molecular complexity index is 476. The number of aldehydes is 1. The van der Waals surface area contributed by atoms with Crippen LogP contribution < -0.4 is 0 Å². The molecule has 0 aliphatic carbocycles. The lowest BCUT2D eigenvalue weighted by molar-refractivity contribution is 0.112. The molecule has 1 atom stereocenters. The zero-order valence-corrected chi connectivity index (χ0v) is 9.03. The fourth-order valence-electron chi connectivity index (χ4n) is 2.03. The van der Waals surface area contributed by atoms with Crippen molar-refractivity contribution in [2.45, 2.75) is 12.3 Å². The molecular weight excluding hydrogens is 212 g/mol. The maximum absolute atomic E-state index is 11.3. The minimum Gasteiger partial charge on any atom is -0.298 e. The topological polar surface area (TPSA) is 51.2 Å². The second-order valence-electron chi connectivity index (χ2n) is 3.85. The van der Waals surface area contributed by atoms with Gasteiger partial charge in [0.2, 0.25) is 0 Å². The highest BCUT2D eigenvalue weighted by atomic mass is 32.2. The lowest BCUT2D eigenvalue weighted by Gasteiger charge is -2.09. The highest BCUT2D eigenvalue weighted by Gasteiger charge is 2.29. The van der Waals surface area contributed by atoms with E-state index in [-0.39, 0.29) is 17.4 Å². The standard InChI is InChI=1S/C11H12O3S/c12-7-9-3-1-2-4-11(9)10-5-6-15(13,14)8-10/h1-4,7,10H,5-6,8H2. The molecule has 1 aliphatic rings. The number of benzene rings is 1. The molecule has 0 radical (unpaired) electrons. The van der Waals surface area contributed by atoms with Crippen LogP contribution in [0.1, 0.15) is 28.3 Å². The van der Waals surface area contributed by atoms with Crippen molar-refractivity contribution >= 4 is 16.1 Å². The molecule has 80 valence electrons. The molecule has 0 amide bonds. The van der Waals surface area contributed by atoms with Gasteiger partial charge in [-0.1, -0.05) is 24.3 Å². The SMILES string of the molecule is O=Cc1ccccc1C1CCS(=O)(=O)C1. The van der Waals surface area contributed by atoms with Crippen LogP contribution >= 0.6 is 0 Å². The van der Waals surface area contributed by atoms with E-state index in [4.69, 9.17) is 0 Å². The van der Waals surface area contributed by atoms with Crippen LogP contribution in [-0.2, 0) is 9.84 Å². The normalized spacial score (nSPS) is 23.9. The van der Waals surface area contributed by atoms with Gasteiger partial charge in [0.1, 0.15) is 6.29 Å². The van der Waals surface area contributed by atoms with E-state index in [2.05, 4.69) is 0 Å². The Labute approximate surface area is 89.0 Å². The summed E-state index contributed by atoms with van der Waals surface area (Å²) in [5.74, 6) is 0.416. The molecule has 1 unspecified atom stereocenters. The molecule has 1 heterocycles. The van der Waals surface area contributed by atoms with Crippen molar-refractivity contribution in [2.24, 2.45) is 0 Å². The number of carbonyl (C=O) groups is 1. The Morgan fingerprint density at radius 1 is 1.27 bits per heavy atom. The molecule has 3 nitrogen and oxygen atoms in total. The first kappa shape index (κ1) is 10.4. The van der Waals surface area contributed by atoms with Crippen molar-refractivity contribution in [3.63, 3.8) is 0 Å². The Balaban J connectivity index is 2.35. The van der Waals surface area contributed by atoms with E-state index >= 15 is 0 Å². The van der Waals surface area contributed by atoms with Crippen molar-refractivity contribution in [3.05, 3.63) is 35.4 Å². The summed E-state index contributed by atoms with van der Waals surface area (Å²) in [6, 6.07) is 7.20. The molecular formula is C11H12O3S. The molecule has 2 rings (SSSR count). The molecule has 1 aliphatic heterocycles. The van der Waals surface area contributed by atoms with Gasteiger partial charge in [-0.05, 0) is 17.9 Å². The van der Waals surface area contributed by atoms with E-state index in [9.17, 15) is 13.2 Å². The predicted octanol–water partition coefficient (Wildman–Crippen LogP) is 1.40. The van der Waals surface area contributed by atoms with Gasteiger partial charge < -0.3 is 0 Å². The Kier molecular flexibility index (Phi) is 2.61. The van der Waals surface area contributed by atoms with Gasteiger partial charge in [-0.2, -0.15) is 0 Å². The van der Waals surface area contributed by atoms with Gasteiger partial charge in [-0.3, -0.25) is 4.79 Å². The first-order chi connectivity index (χ1) is 7.12. The van der Waals surface area contributed by atoms with Gasteiger partial charge in [-0.25, -0.2) is 8.42 Å². The summed E-state index contributed by atoms with van der Waals surface area (Å²) in [5.41, 5.74) is 1.48. The number of hydrogen-bond donors (Lipinski definition) is 0. The maximum atomic E-state index is 11.3. The van der Waals surface area contributed by atoms with Crippen molar-refractivity contribution in [2.75, 3.05) is 11.5 Å². The third kappa shape index (κ3) is 2.09. The second kappa shape index (κ2) is 3.77. The van der Waals surface area contributed by atoms with Crippen LogP contribution in [0.4, 0.5) is 0 Å². The first-order valence-corrected chi connectivity index (χ1v) is 6.69. The quantitative estimate of drug-likeness (QED) is 0.713. The molecule has 1 saturated heterocycles. The largest absolute Gasteiger partial charge is 0.298 e. The molecule has 1 fully saturated rings. The van der Waals surface area contributed by atoms with Gasteiger partial charge in [0.25, 0.3) is 0 Å². The van der Waals surface area contributed by atoms with Gasteiger partial charge in [0.15, 0.2) is 9.84 Å². The van der Waals surface area contributed by atoms with E-state index in [0.717, 1.165) is 11.8 Å². The summed E-state index contributed by atoms with van der Waals surface area (Å²) in [7, 11) is -2.88. The van der Waals surface area contributed by atoms with Crippen LogP contribution in [0, 0.1) is 0 Å². The number of rotatable bonds is 2. The lowest BCUT2D eigenvalue weighted by atomic mass is 9.94. The molecule has 0 N–H and O–H groups in total. The van der Waals surface area contributed by atoms with Crippen LogP contribution in [0.5, 0.6) is 0 Å². The monoisotopic (exact) mass is 224 g/mol. The Morgan fingerprint density at radius 2 is 2.00 bits per heavy atom. The molecule has 0 spiro atoms.